The molecule has 0 bridgehead atoms. The number of hydrogen-bond donors (Lipinski definition) is 0. The highest BCUT2D eigenvalue weighted by atomic mass is 14.1. The van der Waals surface area contributed by atoms with Crippen molar-refractivity contribution < 1.29 is 0 Å². The molecule has 0 amide bonds. The van der Waals surface area contributed by atoms with E-state index in [-0.39, 0.29) is 0 Å². The van der Waals surface area contributed by atoms with Gasteiger partial charge in [0.25, 0.3) is 0 Å². The van der Waals surface area contributed by atoms with Crippen LogP contribution >= 0.6 is 0 Å². The SMILES string of the molecule is BC(=C)/C=C\c1c(C)cccc1C(C)C. The van der Waals surface area contributed by atoms with E-state index < -0.39 is 0 Å². The molecule has 0 atom stereocenters. The first-order valence-corrected chi connectivity index (χ1v) is 5.45. The minimum Gasteiger partial charge on any atom is -0.105 e. The van der Waals surface area contributed by atoms with Crippen molar-refractivity contribution in [1.82, 2.24) is 0 Å². The molecule has 0 fully saturated rings. The molecule has 0 aliphatic heterocycles. The Bertz CT molecular complexity index is 386. The second-order valence-corrected chi connectivity index (χ2v) is 4.41. The van der Waals surface area contributed by atoms with Gasteiger partial charge in [-0.25, -0.2) is 0 Å². The van der Waals surface area contributed by atoms with Crippen molar-refractivity contribution in [3.8, 4) is 0 Å². The van der Waals surface area contributed by atoms with E-state index in [1.165, 1.54) is 16.7 Å². The molecule has 1 heteroatoms. The molecule has 0 saturated heterocycles. The van der Waals surface area contributed by atoms with Crippen LogP contribution in [0.1, 0.15) is 36.5 Å². The van der Waals surface area contributed by atoms with Crippen molar-refractivity contribution in [3.63, 3.8) is 0 Å². The zero-order valence-electron chi connectivity index (χ0n) is 10.2. The fourth-order valence-corrected chi connectivity index (χ4v) is 1.66. The van der Waals surface area contributed by atoms with Crippen LogP contribution in [-0.4, -0.2) is 7.85 Å². The quantitative estimate of drug-likeness (QED) is 0.516. The molecule has 1 aromatic rings. The van der Waals surface area contributed by atoms with Gasteiger partial charge < -0.3 is 0 Å². The van der Waals surface area contributed by atoms with E-state index in [9.17, 15) is 0 Å². The molecule has 0 radical (unpaired) electrons. The maximum absolute atomic E-state index is 3.89. The van der Waals surface area contributed by atoms with Gasteiger partial charge in [-0.1, -0.05) is 49.7 Å². The number of hydrogen-bond acceptors (Lipinski definition) is 0. The third-order valence-electron chi connectivity index (χ3n) is 2.51. The first-order chi connectivity index (χ1) is 7.02. The summed E-state index contributed by atoms with van der Waals surface area (Å²) in [7, 11) is 2.02. The molecule has 1 aromatic carbocycles. The summed E-state index contributed by atoms with van der Waals surface area (Å²) in [4.78, 5) is 0. The fourth-order valence-electron chi connectivity index (χ4n) is 1.66. The topological polar surface area (TPSA) is 0 Å². The van der Waals surface area contributed by atoms with Gasteiger partial charge in [-0.3, -0.25) is 0 Å². The zero-order chi connectivity index (χ0) is 11.4. The lowest BCUT2D eigenvalue weighted by atomic mass is 9.91. The van der Waals surface area contributed by atoms with Crippen LogP contribution in [0.3, 0.4) is 0 Å². The minimum absolute atomic E-state index is 0.565. The molecule has 0 aliphatic rings. The first kappa shape index (κ1) is 11.8. The number of rotatable bonds is 3. The summed E-state index contributed by atoms with van der Waals surface area (Å²) in [5.41, 5.74) is 5.18. The van der Waals surface area contributed by atoms with E-state index in [4.69, 9.17) is 0 Å². The van der Waals surface area contributed by atoms with E-state index in [2.05, 4.69) is 57.7 Å². The van der Waals surface area contributed by atoms with Crippen LogP contribution in [0.25, 0.3) is 6.08 Å². The number of aryl methyl sites for hydroxylation is 1. The van der Waals surface area contributed by atoms with Gasteiger partial charge in [0, 0.05) is 0 Å². The third-order valence-corrected chi connectivity index (χ3v) is 2.51. The summed E-state index contributed by atoms with van der Waals surface area (Å²) in [6, 6.07) is 6.49. The number of allylic oxidation sites excluding steroid dienone is 2. The maximum atomic E-state index is 3.89. The van der Waals surface area contributed by atoms with Crippen LogP contribution in [-0.2, 0) is 0 Å². The molecule has 0 aliphatic carbocycles. The maximum Gasteiger partial charge on any atom is 0.138 e. The Labute approximate surface area is 94.1 Å². The van der Waals surface area contributed by atoms with Gasteiger partial charge in [0.15, 0.2) is 0 Å². The Kier molecular flexibility index (Phi) is 3.96. The molecule has 0 heterocycles. The van der Waals surface area contributed by atoms with Crippen LogP contribution in [0.5, 0.6) is 0 Å². The van der Waals surface area contributed by atoms with Crippen LogP contribution in [0.15, 0.2) is 36.3 Å². The summed E-state index contributed by atoms with van der Waals surface area (Å²) in [6.45, 7) is 10.5. The van der Waals surface area contributed by atoms with Crippen molar-refractivity contribution >= 4 is 13.9 Å². The van der Waals surface area contributed by atoms with Gasteiger partial charge in [0.1, 0.15) is 7.85 Å². The van der Waals surface area contributed by atoms with Crippen LogP contribution in [0, 0.1) is 6.92 Å². The summed E-state index contributed by atoms with van der Waals surface area (Å²) >= 11 is 0. The summed E-state index contributed by atoms with van der Waals surface area (Å²) in [5.74, 6) is 0.565. The van der Waals surface area contributed by atoms with Crippen LogP contribution in [0.2, 0.25) is 0 Å². The molecule has 1 rings (SSSR count). The molecule has 0 nitrogen and oxygen atoms in total. The highest BCUT2D eigenvalue weighted by molar-refractivity contribution is 6.23. The van der Waals surface area contributed by atoms with Gasteiger partial charge in [0.2, 0.25) is 0 Å². The summed E-state index contributed by atoms with van der Waals surface area (Å²) < 4.78 is 0. The predicted molar refractivity (Wildman–Crippen MR) is 72.0 cm³/mol. The van der Waals surface area contributed by atoms with E-state index in [1.807, 2.05) is 7.85 Å². The molecule has 0 saturated carbocycles. The van der Waals surface area contributed by atoms with Crippen molar-refractivity contribution in [1.29, 1.82) is 0 Å². The average molecular weight is 198 g/mol. The summed E-state index contributed by atoms with van der Waals surface area (Å²) in [5, 5.41) is 0. The number of benzene rings is 1. The van der Waals surface area contributed by atoms with E-state index in [0.29, 0.717) is 5.92 Å². The molecule has 78 valence electrons. The van der Waals surface area contributed by atoms with Crippen molar-refractivity contribution in [2.45, 2.75) is 26.7 Å². The largest absolute Gasteiger partial charge is 0.138 e. The van der Waals surface area contributed by atoms with Gasteiger partial charge in [-0.05, 0) is 29.5 Å². The minimum atomic E-state index is 0.565. The Morgan fingerprint density at radius 3 is 2.60 bits per heavy atom. The van der Waals surface area contributed by atoms with Gasteiger partial charge in [-0.2, -0.15) is 0 Å². The van der Waals surface area contributed by atoms with Crippen LogP contribution < -0.4 is 0 Å². The van der Waals surface area contributed by atoms with Gasteiger partial charge >= 0.3 is 0 Å². The predicted octanol–water partition coefficient (Wildman–Crippen LogP) is 3.28. The third kappa shape index (κ3) is 3.12. The summed E-state index contributed by atoms with van der Waals surface area (Å²) in [6.07, 6.45) is 4.25. The molecule has 0 unspecified atom stereocenters. The van der Waals surface area contributed by atoms with Gasteiger partial charge in [-0.15, -0.1) is 6.58 Å². The van der Waals surface area contributed by atoms with Crippen molar-refractivity contribution in [2.75, 3.05) is 0 Å². The second kappa shape index (κ2) is 5.02. The normalized spacial score (nSPS) is 11.2. The Morgan fingerprint density at radius 1 is 1.40 bits per heavy atom. The molecular formula is C14H19B. The molecule has 0 aromatic heterocycles. The fraction of sp³-hybridized carbons (Fsp3) is 0.286. The first-order valence-electron chi connectivity index (χ1n) is 5.45. The van der Waals surface area contributed by atoms with Crippen molar-refractivity contribution in [3.05, 3.63) is 53.0 Å². The Morgan fingerprint density at radius 2 is 2.07 bits per heavy atom. The standard InChI is InChI=1S/C14H19B/c1-10(2)13-7-5-6-11(3)14(13)9-8-12(4)15/h5-10H,4,15H2,1-3H3/b9-8-. The Balaban J connectivity index is 3.19. The monoisotopic (exact) mass is 198 g/mol. The van der Waals surface area contributed by atoms with E-state index >= 15 is 0 Å². The molecule has 0 spiro atoms. The Hall–Kier alpha value is -1.24. The van der Waals surface area contributed by atoms with Crippen molar-refractivity contribution in [2.24, 2.45) is 0 Å². The smallest absolute Gasteiger partial charge is 0.105 e. The average Bonchev–Trinajstić information content (AvgIpc) is 2.15. The van der Waals surface area contributed by atoms with Crippen LogP contribution in [0.4, 0.5) is 0 Å². The highest BCUT2D eigenvalue weighted by Crippen LogP contribution is 2.23. The molecule has 15 heavy (non-hydrogen) atoms. The lowest BCUT2D eigenvalue weighted by Crippen LogP contribution is -1.94. The lowest BCUT2D eigenvalue weighted by molar-refractivity contribution is 0.862. The van der Waals surface area contributed by atoms with E-state index in [0.717, 1.165) is 5.47 Å². The zero-order valence-corrected chi connectivity index (χ0v) is 10.2. The molecule has 0 N–H and O–H groups in total. The second-order valence-electron chi connectivity index (χ2n) is 4.41. The lowest BCUT2D eigenvalue weighted by Gasteiger charge is -2.12. The van der Waals surface area contributed by atoms with E-state index in [1.54, 1.807) is 0 Å². The molecular weight excluding hydrogens is 179 g/mol. The van der Waals surface area contributed by atoms with Gasteiger partial charge in [0.05, 0.1) is 0 Å². The highest BCUT2D eigenvalue weighted by Gasteiger charge is 2.05.